The predicted octanol–water partition coefficient (Wildman–Crippen LogP) is 3.37. The van der Waals surface area contributed by atoms with E-state index in [9.17, 15) is 4.79 Å². The van der Waals surface area contributed by atoms with Crippen LogP contribution in [0.1, 0.15) is 10.4 Å². The molecule has 0 aliphatic rings. The zero-order chi connectivity index (χ0) is 12.6. The van der Waals surface area contributed by atoms with Gasteiger partial charge in [-0.3, -0.25) is 4.79 Å². The molecular formula is C11H10Br2N2OS. The molecule has 6 heteroatoms. The quantitative estimate of drug-likeness (QED) is 0.872. The minimum Gasteiger partial charge on any atom is -0.397 e. The Morgan fingerprint density at radius 1 is 1.47 bits per heavy atom. The summed E-state index contributed by atoms with van der Waals surface area (Å²) >= 11 is 8.28. The molecule has 3 nitrogen and oxygen atoms in total. The van der Waals surface area contributed by atoms with Crippen molar-refractivity contribution in [2.24, 2.45) is 0 Å². The number of hydrogen-bond donors (Lipinski definition) is 1. The van der Waals surface area contributed by atoms with Crippen LogP contribution in [0.15, 0.2) is 31.4 Å². The average Bonchev–Trinajstić information content (AvgIpc) is 2.69. The summed E-state index contributed by atoms with van der Waals surface area (Å²) in [5.41, 5.74) is 7.21. The predicted molar refractivity (Wildman–Crippen MR) is 78.7 cm³/mol. The van der Waals surface area contributed by atoms with E-state index in [1.165, 1.54) is 0 Å². The Bertz CT molecular complexity index is 618. The summed E-state index contributed by atoms with van der Waals surface area (Å²) < 4.78 is 3.18. The zero-order valence-corrected chi connectivity index (χ0v) is 13.0. The topological polar surface area (TPSA) is 48.0 Å². The molecule has 0 aliphatic carbocycles. The number of hydrogen-bond acceptors (Lipinski definition) is 3. The van der Waals surface area contributed by atoms with E-state index in [2.05, 4.69) is 31.9 Å². The van der Waals surface area contributed by atoms with Crippen molar-refractivity contribution in [1.82, 2.24) is 4.57 Å². The number of nitrogen functional groups attached to an aromatic ring is 1. The van der Waals surface area contributed by atoms with Gasteiger partial charge in [-0.25, -0.2) is 0 Å². The standard InChI is InChI=1S/C11H10Br2N2OS/c1-6-9(14)4-15(11(16)10(6)13)3-8-2-7(12)5-17-8/h2,4-5H,3,14H2,1H3. The number of nitrogens with two attached hydrogens (primary N) is 1. The van der Waals surface area contributed by atoms with E-state index in [1.54, 1.807) is 22.1 Å². The molecule has 0 saturated carbocycles. The molecule has 0 aliphatic heterocycles. The molecule has 17 heavy (non-hydrogen) atoms. The Morgan fingerprint density at radius 2 is 2.18 bits per heavy atom. The Balaban J connectivity index is 2.43. The zero-order valence-electron chi connectivity index (χ0n) is 9.04. The normalized spacial score (nSPS) is 10.8. The summed E-state index contributed by atoms with van der Waals surface area (Å²) in [6, 6.07) is 2.00. The molecular weight excluding hydrogens is 368 g/mol. The monoisotopic (exact) mass is 376 g/mol. The largest absolute Gasteiger partial charge is 0.397 e. The SMILES string of the molecule is Cc1c(N)cn(Cc2cc(Br)cs2)c(=O)c1Br. The van der Waals surface area contributed by atoms with Gasteiger partial charge in [-0.1, -0.05) is 0 Å². The molecule has 0 atom stereocenters. The molecule has 0 saturated heterocycles. The molecule has 2 aromatic rings. The second kappa shape index (κ2) is 4.96. The molecule has 2 heterocycles. The molecule has 0 unspecified atom stereocenters. The lowest BCUT2D eigenvalue weighted by Crippen LogP contribution is -2.22. The van der Waals surface area contributed by atoms with Crippen LogP contribution in [0, 0.1) is 6.92 Å². The highest BCUT2D eigenvalue weighted by molar-refractivity contribution is 9.10. The van der Waals surface area contributed by atoms with Crippen molar-refractivity contribution < 1.29 is 0 Å². The molecule has 0 bridgehead atoms. The molecule has 0 spiro atoms. The van der Waals surface area contributed by atoms with Crippen LogP contribution >= 0.6 is 43.2 Å². The van der Waals surface area contributed by atoms with Crippen LogP contribution in [-0.4, -0.2) is 4.57 Å². The van der Waals surface area contributed by atoms with Gasteiger partial charge in [-0.15, -0.1) is 11.3 Å². The highest BCUT2D eigenvalue weighted by Crippen LogP contribution is 2.22. The molecule has 2 N–H and O–H groups in total. The fourth-order valence-corrected chi connectivity index (χ4v) is 3.36. The number of thiophene rings is 1. The van der Waals surface area contributed by atoms with Gasteiger partial charge in [-0.2, -0.15) is 0 Å². The van der Waals surface area contributed by atoms with Crippen molar-refractivity contribution in [2.45, 2.75) is 13.5 Å². The van der Waals surface area contributed by atoms with Crippen LogP contribution in [-0.2, 0) is 6.54 Å². The maximum atomic E-state index is 12.0. The summed E-state index contributed by atoms with van der Waals surface area (Å²) in [6.07, 6.45) is 1.69. The van der Waals surface area contributed by atoms with E-state index in [-0.39, 0.29) is 5.56 Å². The average molecular weight is 378 g/mol. The van der Waals surface area contributed by atoms with Crippen molar-refractivity contribution in [3.63, 3.8) is 0 Å². The van der Waals surface area contributed by atoms with E-state index < -0.39 is 0 Å². The third-order valence-corrected chi connectivity index (χ3v) is 5.07. The van der Waals surface area contributed by atoms with E-state index in [4.69, 9.17) is 5.73 Å². The third-order valence-electron chi connectivity index (χ3n) is 2.45. The van der Waals surface area contributed by atoms with Crippen molar-refractivity contribution in [2.75, 3.05) is 5.73 Å². The maximum Gasteiger partial charge on any atom is 0.265 e. The third kappa shape index (κ3) is 2.64. The van der Waals surface area contributed by atoms with Crippen molar-refractivity contribution in [1.29, 1.82) is 0 Å². The van der Waals surface area contributed by atoms with Crippen molar-refractivity contribution >= 4 is 48.9 Å². The molecule has 0 amide bonds. The van der Waals surface area contributed by atoms with Gasteiger partial charge >= 0.3 is 0 Å². The lowest BCUT2D eigenvalue weighted by molar-refractivity contribution is 0.764. The first-order valence-electron chi connectivity index (χ1n) is 4.87. The van der Waals surface area contributed by atoms with Gasteiger partial charge in [0.1, 0.15) is 0 Å². The summed E-state index contributed by atoms with van der Waals surface area (Å²) in [6.45, 7) is 2.37. The van der Waals surface area contributed by atoms with Crippen LogP contribution in [0.25, 0.3) is 0 Å². The van der Waals surface area contributed by atoms with Gasteiger partial charge in [0.05, 0.1) is 16.7 Å². The summed E-state index contributed by atoms with van der Waals surface area (Å²) in [4.78, 5) is 13.1. The summed E-state index contributed by atoms with van der Waals surface area (Å²) in [5, 5.41) is 1.99. The maximum absolute atomic E-state index is 12.0. The smallest absolute Gasteiger partial charge is 0.265 e. The van der Waals surface area contributed by atoms with Crippen molar-refractivity contribution in [3.05, 3.63) is 47.4 Å². The van der Waals surface area contributed by atoms with Gasteiger partial charge in [0.25, 0.3) is 5.56 Å². The molecule has 0 aromatic carbocycles. The molecule has 2 rings (SSSR count). The number of pyridine rings is 1. The van der Waals surface area contributed by atoms with Gasteiger partial charge in [0.15, 0.2) is 0 Å². The lowest BCUT2D eigenvalue weighted by Gasteiger charge is -2.09. The first-order chi connectivity index (χ1) is 7.99. The van der Waals surface area contributed by atoms with Crippen LogP contribution in [0.3, 0.4) is 0 Å². The fourth-order valence-electron chi connectivity index (χ4n) is 1.46. The number of nitrogens with zero attached hydrogens (tertiary/aromatic N) is 1. The number of halogens is 2. The first kappa shape index (κ1) is 12.9. The Hall–Kier alpha value is -0.590. The second-order valence-corrected chi connectivity index (χ2v) is 6.39. The Labute approximate surface area is 120 Å². The number of aromatic nitrogens is 1. The van der Waals surface area contributed by atoms with E-state index >= 15 is 0 Å². The van der Waals surface area contributed by atoms with E-state index in [0.717, 1.165) is 14.9 Å². The van der Waals surface area contributed by atoms with Gasteiger partial charge in [0, 0.05) is 20.9 Å². The minimum atomic E-state index is -0.0544. The van der Waals surface area contributed by atoms with Crippen LogP contribution in [0.5, 0.6) is 0 Å². The molecule has 90 valence electrons. The van der Waals surface area contributed by atoms with Gasteiger partial charge in [-0.05, 0) is 50.4 Å². The lowest BCUT2D eigenvalue weighted by atomic mass is 10.2. The van der Waals surface area contributed by atoms with E-state index in [1.807, 2.05) is 18.4 Å². The van der Waals surface area contributed by atoms with Crippen molar-refractivity contribution in [3.8, 4) is 0 Å². The fraction of sp³-hybridized carbons (Fsp3) is 0.182. The minimum absolute atomic E-state index is 0.0544. The highest BCUT2D eigenvalue weighted by atomic mass is 79.9. The van der Waals surface area contributed by atoms with E-state index in [0.29, 0.717) is 16.7 Å². The van der Waals surface area contributed by atoms with Gasteiger partial charge in [0.2, 0.25) is 0 Å². The highest BCUT2D eigenvalue weighted by Gasteiger charge is 2.09. The second-order valence-electron chi connectivity index (χ2n) is 3.69. The summed E-state index contributed by atoms with van der Waals surface area (Å²) in [7, 11) is 0. The van der Waals surface area contributed by atoms with Gasteiger partial charge < -0.3 is 10.3 Å². The number of rotatable bonds is 2. The summed E-state index contributed by atoms with van der Waals surface area (Å²) in [5.74, 6) is 0. The van der Waals surface area contributed by atoms with Crippen LogP contribution < -0.4 is 11.3 Å². The number of anilines is 1. The van der Waals surface area contributed by atoms with Crippen LogP contribution in [0.2, 0.25) is 0 Å². The Kier molecular flexibility index (Phi) is 3.75. The Morgan fingerprint density at radius 3 is 2.76 bits per heavy atom. The first-order valence-corrected chi connectivity index (χ1v) is 7.33. The molecule has 0 radical (unpaired) electrons. The molecule has 2 aromatic heterocycles. The molecule has 0 fully saturated rings. The van der Waals surface area contributed by atoms with Crippen LogP contribution in [0.4, 0.5) is 5.69 Å².